The molecule has 17 heavy (non-hydrogen) atoms. The highest BCUT2D eigenvalue weighted by atomic mass is 32.1. The van der Waals surface area contributed by atoms with Gasteiger partial charge in [-0.05, 0) is 12.1 Å². The van der Waals surface area contributed by atoms with Crippen molar-refractivity contribution in [3.8, 4) is 0 Å². The van der Waals surface area contributed by atoms with Crippen LogP contribution in [0.15, 0.2) is 30.0 Å². The summed E-state index contributed by atoms with van der Waals surface area (Å²) in [6.45, 7) is 0.393. The standard InChI is InChI=1S/C12H11N3OS/c1-15-6-8(16)10(11(15)13)12-14-7-4-2-3-5-9(7)17-12/h2-5,13,16H,6H2,1H3. The van der Waals surface area contributed by atoms with E-state index in [2.05, 4.69) is 4.98 Å². The molecule has 0 bridgehead atoms. The van der Waals surface area contributed by atoms with Crippen LogP contribution in [0.5, 0.6) is 0 Å². The van der Waals surface area contributed by atoms with Gasteiger partial charge in [0.1, 0.15) is 16.6 Å². The largest absolute Gasteiger partial charge is 0.510 e. The molecule has 4 nitrogen and oxygen atoms in total. The summed E-state index contributed by atoms with van der Waals surface area (Å²) < 4.78 is 1.07. The van der Waals surface area contributed by atoms with E-state index in [1.165, 1.54) is 11.3 Å². The molecule has 0 amide bonds. The second-order valence-corrected chi connectivity index (χ2v) is 5.04. The number of amidine groups is 1. The van der Waals surface area contributed by atoms with Crippen LogP contribution in [0.2, 0.25) is 0 Å². The number of hydrogen-bond acceptors (Lipinski definition) is 4. The predicted octanol–water partition coefficient (Wildman–Crippen LogP) is 2.49. The summed E-state index contributed by atoms with van der Waals surface area (Å²) in [6.07, 6.45) is 0. The Labute approximate surface area is 102 Å². The smallest absolute Gasteiger partial charge is 0.134 e. The molecule has 0 aliphatic carbocycles. The Hall–Kier alpha value is -1.88. The van der Waals surface area contributed by atoms with E-state index in [4.69, 9.17) is 5.41 Å². The molecule has 0 atom stereocenters. The molecule has 0 unspecified atom stereocenters. The molecule has 1 aliphatic heterocycles. The number of aromatic nitrogens is 1. The van der Waals surface area contributed by atoms with Gasteiger partial charge in [0.15, 0.2) is 0 Å². The summed E-state index contributed by atoms with van der Waals surface area (Å²) in [7, 11) is 1.79. The molecule has 5 heteroatoms. The van der Waals surface area contributed by atoms with E-state index in [1.54, 1.807) is 11.9 Å². The number of likely N-dealkylation sites (N-methyl/N-ethyl adjacent to an activating group) is 1. The lowest BCUT2D eigenvalue weighted by molar-refractivity contribution is 0.372. The molecule has 0 saturated carbocycles. The number of benzene rings is 1. The molecule has 2 heterocycles. The molecule has 0 saturated heterocycles. The number of hydrogen-bond donors (Lipinski definition) is 2. The molecule has 1 aliphatic rings. The van der Waals surface area contributed by atoms with Crippen molar-refractivity contribution in [3.63, 3.8) is 0 Å². The van der Waals surface area contributed by atoms with Gasteiger partial charge in [0.05, 0.1) is 22.3 Å². The van der Waals surface area contributed by atoms with Gasteiger partial charge in [-0.2, -0.15) is 0 Å². The number of aliphatic hydroxyl groups is 1. The van der Waals surface area contributed by atoms with Crippen LogP contribution in [0, 0.1) is 5.41 Å². The van der Waals surface area contributed by atoms with Crippen LogP contribution < -0.4 is 0 Å². The summed E-state index contributed by atoms with van der Waals surface area (Å²) in [5.74, 6) is 0.568. The van der Waals surface area contributed by atoms with Gasteiger partial charge in [-0.1, -0.05) is 12.1 Å². The first-order chi connectivity index (χ1) is 8.16. The van der Waals surface area contributed by atoms with Crippen LogP contribution in [0.4, 0.5) is 0 Å². The predicted molar refractivity (Wildman–Crippen MR) is 69.5 cm³/mol. The van der Waals surface area contributed by atoms with Crippen molar-refractivity contribution in [2.45, 2.75) is 0 Å². The quantitative estimate of drug-likeness (QED) is 0.811. The number of aliphatic hydroxyl groups excluding tert-OH is 1. The van der Waals surface area contributed by atoms with Crippen molar-refractivity contribution in [2.24, 2.45) is 0 Å². The highest BCUT2D eigenvalue weighted by Gasteiger charge is 2.27. The highest BCUT2D eigenvalue weighted by Crippen LogP contribution is 2.32. The lowest BCUT2D eigenvalue weighted by Crippen LogP contribution is -2.20. The minimum atomic E-state index is 0.233. The monoisotopic (exact) mass is 245 g/mol. The average Bonchev–Trinajstić information content (AvgIpc) is 2.81. The normalized spacial score (nSPS) is 16.3. The van der Waals surface area contributed by atoms with Gasteiger partial charge < -0.3 is 10.0 Å². The van der Waals surface area contributed by atoms with E-state index in [0.29, 0.717) is 18.0 Å². The Morgan fingerprint density at radius 1 is 1.41 bits per heavy atom. The third kappa shape index (κ3) is 1.51. The SMILES string of the molecule is CN1CC(O)=C(c2nc3ccccc3s2)C1=N. The fraction of sp³-hybridized carbons (Fsp3) is 0.167. The second-order valence-electron chi connectivity index (χ2n) is 4.01. The molecule has 1 aromatic carbocycles. The van der Waals surface area contributed by atoms with E-state index >= 15 is 0 Å². The number of nitrogens with one attached hydrogen (secondary N) is 1. The fourth-order valence-corrected chi connectivity index (χ4v) is 2.95. The first-order valence-corrected chi connectivity index (χ1v) is 6.06. The molecule has 3 rings (SSSR count). The van der Waals surface area contributed by atoms with Crippen LogP contribution in [0.1, 0.15) is 5.01 Å². The summed E-state index contributed by atoms with van der Waals surface area (Å²) in [6, 6.07) is 7.84. The Morgan fingerprint density at radius 2 is 2.18 bits per heavy atom. The first-order valence-electron chi connectivity index (χ1n) is 5.25. The number of thiazole rings is 1. The molecule has 1 aromatic heterocycles. The number of rotatable bonds is 1. The number of para-hydroxylation sites is 1. The third-order valence-corrected chi connectivity index (χ3v) is 3.86. The highest BCUT2D eigenvalue weighted by molar-refractivity contribution is 7.19. The van der Waals surface area contributed by atoms with E-state index < -0.39 is 0 Å². The Bertz CT molecular complexity index is 611. The average molecular weight is 245 g/mol. The van der Waals surface area contributed by atoms with Crippen molar-refractivity contribution in [1.82, 2.24) is 9.88 Å². The van der Waals surface area contributed by atoms with Crippen LogP contribution in [0.3, 0.4) is 0 Å². The zero-order valence-electron chi connectivity index (χ0n) is 9.27. The van der Waals surface area contributed by atoms with E-state index in [9.17, 15) is 5.11 Å². The minimum Gasteiger partial charge on any atom is -0.510 e. The van der Waals surface area contributed by atoms with Crippen LogP contribution in [-0.2, 0) is 0 Å². The van der Waals surface area contributed by atoms with Crippen LogP contribution >= 0.6 is 11.3 Å². The van der Waals surface area contributed by atoms with E-state index in [-0.39, 0.29) is 5.76 Å². The van der Waals surface area contributed by atoms with Crippen LogP contribution in [-0.4, -0.2) is 34.4 Å². The van der Waals surface area contributed by atoms with Gasteiger partial charge in [0, 0.05) is 7.05 Å². The van der Waals surface area contributed by atoms with Crippen molar-refractivity contribution in [1.29, 1.82) is 5.41 Å². The Morgan fingerprint density at radius 3 is 2.82 bits per heavy atom. The molecule has 2 N–H and O–H groups in total. The molecule has 0 spiro atoms. The zero-order chi connectivity index (χ0) is 12.0. The summed E-state index contributed by atoms with van der Waals surface area (Å²) >= 11 is 1.51. The molecular formula is C12H11N3OS. The van der Waals surface area contributed by atoms with Gasteiger partial charge in [-0.3, -0.25) is 5.41 Å². The Kier molecular flexibility index (Phi) is 2.16. The third-order valence-electron chi connectivity index (χ3n) is 2.80. The van der Waals surface area contributed by atoms with Gasteiger partial charge in [-0.15, -0.1) is 11.3 Å². The summed E-state index contributed by atoms with van der Waals surface area (Å²) in [4.78, 5) is 6.17. The van der Waals surface area contributed by atoms with Crippen molar-refractivity contribution >= 4 is 33.0 Å². The maximum atomic E-state index is 9.87. The van der Waals surface area contributed by atoms with E-state index in [1.807, 2.05) is 24.3 Å². The molecule has 0 radical (unpaired) electrons. The maximum Gasteiger partial charge on any atom is 0.134 e. The van der Waals surface area contributed by atoms with Crippen molar-refractivity contribution < 1.29 is 5.11 Å². The maximum absolute atomic E-state index is 9.87. The van der Waals surface area contributed by atoms with Crippen molar-refractivity contribution in [3.05, 3.63) is 35.0 Å². The minimum absolute atomic E-state index is 0.233. The van der Waals surface area contributed by atoms with Gasteiger partial charge >= 0.3 is 0 Å². The number of fused-ring (bicyclic) bond motifs is 1. The fourth-order valence-electron chi connectivity index (χ4n) is 1.91. The lowest BCUT2D eigenvalue weighted by Gasteiger charge is -2.09. The topological polar surface area (TPSA) is 60.2 Å². The first kappa shape index (κ1) is 10.3. The molecule has 86 valence electrons. The van der Waals surface area contributed by atoms with Gasteiger partial charge in [0.2, 0.25) is 0 Å². The van der Waals surface area contributed by atoms with Gasteiger partial charge in [-0.25, -0.2) is 4.98 Å². The van der Waals surface area contributed by atoms with Gasteiger partial charge in [0.25, 0.3) is 0 Å². The Balaban J connectivity index is 2.16. The summed E-state index contributed by atoms with van der Waals surface area (Å²) in [5.41, 5.74) is 1.48. The summed E-state index contributed by atoms with van der Waals surface area (Å²) in [5, 5.41) is 18.5. The molecule has 2 aromatic rings. The van der Waals surface area contributed by atoms with Crippen molar-refractivity contribution in [2.75, 3.05) is 13.6 Å². The second kappa shape index (κ2) is 3.56. The number of nitrogens with zero attached hydrogens (tertiary/aromatic N) is 2. The molecule has 0 fully saturated rings. The molecular weight excluding hydrogens is 234 g/mol. The zero-order valence-corrected chi connectivity index (χ0v) is 10.1. The van der Waals surface area contributed by atoms with Crippen LogP contribution in [0.25, 0.3) is 15.8 Å². The lowest BCUT2D eigenvalue weighted by atomic mass is 10.2. The van der Waals surface area contributed by atoms with E-state index in [0.717, 1.165) is 15.2 Å².